The van der Waals surface area contributed by atoms with Gasteiger partial charge in [0, 0.05) is 29.0 Å². The molecule has 1 heterocycles. The highest BCUT2D eigenvalue weighted by atomic mass is 35.5. The van der Waals surface area contributed by atoms with Crippen LogP contribution < -0.4 is 0 Å². The van der Waals surface area contributed by atoms with Crippen molar-refractivity contribution in [1.82, 2.24) is 4.98 Å². The van der Waals surface area contributed by atoms with Gasteiger partial charge in [-0.1, -0.05) is 32.9 Å². The van der Waals surface area contributed by atoms with Crippen LogP contribution in [0.15, 0.2) is 29.6 Å². The lowest BCUT2D eigenvalue weighted by molar-refractivity contribution is 0.569. The number of nitrogens with zero attached hydrogens (tertiary/aromatic N) is 1. The normalized spacial score (nSPS) is 13.4. The zero-order valence-electron chi connectivity index (χ0n) is 12.0. The lowest BCUT2D eigenvalue weighted by atomic mass is 9.93. The summed E-state index contributed by atoms with van der Waals surface area (Å²) >= 11 is 7.75. The van der Waals surface area contributed by atoms with Crippen LogP contribution in [0.4, 0.5) is 4.39 Å². The highest BCUT2D eigenvalue weighted by Gasteiger charge is 2.19. The first-order valence-corrected chi connectivity index (χ1v) is 8.08. The fourth-order valence-electron chi connectivity index (χ4n) is 1.96. The van der Waals surface area contributed by atoms with E-state index in [-0.39, 0.29) is 17.2 Å². The first-order chi connectivity index (χ1) is 9.40. The summed E-state index contributed by atoms with van der Waals surface area (Å²) in [7, 11) is 0. The van der Waals surface area contributed by atoms with Crippen molar-refractivity contribution in [2.75, 3.05) is 5.88 Å². The number of aromatic nitrogens is 1. The lowest BCUT2D eigenvalue weighted by Gasteiger charge is -2.15. The van der Waals surface area contributed by atoms with Gasteiger partial charge in [-0.05, 0) is 17.7 Å². The van der Waals surface area contributed by atoms with E-state index in [1.807, 2.05) is 0 Å². The summed E-state index contributed by atoms with van der Waals surface area (Å²) in [6.45, 7) is 6.47. The molecule has 108 valence electrons. The summed E-state index contributed by atoms with van der Waals surface area (Å²) in [6.07, 6.45) is 0.801. The van der Waals surface area contributed by atoms with Crippen molar-refractivity contribution >= 4 is 22.9 Å². The second kappa shape index (κ2) is 6.23. The minimum atomic E-state index is -0.216. The monoisotopic (exact) mass is 311 g/mol. The lowest BCUT2D eigenvalue weighted by Crippen LogP contribution is -2.12. The quantitative estimate of drug-likeness (QED) is 0.712. The van der Waals surface area contributed by atoms with E-state index in [9.17, 15) is 4.39 Å². The van der Waals surface area contributed by atoms with Crippen LogP contribution in [0.3, 0.4) is 0 Å². The molecule has 0 aliphatic heterocycles. The Hall–Kier alpha value is -0.930. The predicted molar refractivity (Wildman–Crippen MR) is 84.4 cm³/mol. The SMILES string of the molecule is CC(C)(C)c1csc(CC(CCl)c2ccc(F)cc2)n1. The third-order valence-electron chi connectivity index (χ3n) is 3.27. The molecule has 0 N–H and O–H groups in total. The Kier molecular flexibility index (Phi) is 4.82. The number of halogens is 2. The van der Waals surface area contributed by atoms with Crippen LogP contribution in [-0.4, -0.2) is 10.9 Å². The van der Waals surface area contributed by atoms with Gasteiger partial charge in [0.25, 0.3) is 0 Å². The molecule has 0 saturated heterocycles. The maximum absolute atomic E-state index is 13.0. The molecule has 2 rings (SSSR count). The molecule has 0 bridgehead atoms. The van der Waals surface area contributed by atoms with Crippen molar-refractivity contribution in [2.24, 2.45) is 0 Å². The van der Waals surface area contributed by atoms with Crippen molar-refractivity contribution in [3.63, 3.8) is 0 Å². The molecule has 1 aromatic carbocycles. The highest BCUT2D eigenvalue weighted by Crippen LogP contribution is 2.28. The Morgan fingerprint density at radius 3 is 2.40 bits per heavy atom. The van der Waals surface area contributed by atoms with Crippen LogP contribution in [-0.2, 0) is 11.8 Å². The van der Waals surface area contributed by atoms with E-state index < -0.39 is 0 Å². The molecule has 0 fully saturated rings. The second-order valence-corrected chi connectivity index (χ2v) is 7.23. The van der Waals surface area contributed by atoms with Gasteiger partial charge in [-0.15, -0.1) is 22.9 Å². The van der Waals surface area contributed by atoms with Crippen molar-refractivity contribution in [3.8, 4) is 0 Å². The van der Waals surface area contributed by atoms with Crippen LogP contribution in [0.2, 0.25) is 0 Å². The molecule has 1 unspecified atom stereocenters. The Balaban J connectivity index is 2.14. The van der Waals surface area contributed by atoms with Crippen LogP contribution in [0.1, 0.15) is 43.0 Å². The first kappa shape index (κ1) is 15.5. The van der Waals surface area contributed by atoms with Crippen molar-refractivity contribution in [1.29, 1.82) is 0 Å². The number of alkyl halides is 1. The molecule has 0 aliphatic carbocycles. The van der Waals surface area contributed by atoms with Crippen LogP contribution >= 0.6 is 22.9 Å². The maximum atomic E-state index is 13.0. The van der Waals surface area contributed by atoms with Crippen LogP contribution in [0.5, 0.6) is 0 Å². The van der Waals surface area contributed by atoms with E-state index in [4.69, 9.17) is 16.6 Å². The smallest absolute Gasteiger partial charge is 0.123 e. The third-order valence-corrected chi connectivity index (χ3v) is 4.51. The minimum Gasteiger partial charge on any atom is -0.246 e. The zero-order valence-corrected chi connectivity index (χ0v) is 13.6. The molecule has 0 saturated carbocycles. The first-order valence-electron chi connectivity index (χ1n) is 6.66. The largest absolute Gasteiger partial charge is 0.246 e. The molecule has 0 spiro atoms. The summed E-state index contributed by atoms with van der Waals surface area (Å²) in [4.78, 5) is 4.70. The van der Waals surface area contributed by atoms with Gasteiger partial charge >= 0.3 is 0 Å². The fourth-order valence-corrected chi connectivity index (χ4v) is 3.35. The number of hydrogen-bond acceptors (Lipinski definition) is 2. The van der Waals surface area contributed by atoms with Gasteiger partial charge in [0.15, 0.2) is 0 Å². The van der Waals surface area contributed by atoms with E-state index in [2.05, 4.69) is 26.2 Å². The Labute approximate surface area is 128 Å². The maximum Gasteiger partial charge on any atom is 0.123 e. The average Bonchev–Trinajstić information content (AvgIpc) is 2.85. The molecule has 20 heavy (non-hydrogen) atoms. The van der Waals surface area contributed by atoms with Gasteiger partial charge in [-0.25, -0.2) is 9.37 Å². The molecule has 1 nitrogen and oxygen atoms in total. The van der Waals surface area contributed by atoms with Gasteiger partial charge in [0.2, 0.25) is 0 Å². The van der Waals surface area contributed by atoms with E-state index in [0.29, 0.717) is 5.88 Å². The van der Waals surface area contributed by atoms with Gasteiger partial charge < -0.3 is 0 Å². The minimum absolute atomic E-state index is 0.0705. The van der Waals surface area contributed by atoms with Gasteiger partial charge in [-0.3, -0.25) is 0 Å². The molecule has 0 aliphatic rings. The van der Waals surface area contributed by atoms with E-state index in [1.54, 1.807) is 23.5 Å². The van der Waals surface area contributed by atoms with Crippen LogP contribution in [0.25, 0.3) is 0 Å². The van der Waals surface area contributed by atoms with Gasteiger partial charge in [0.05, 0.1) is 10.7 Å². The molecule has 1 aromatic heterocycles. The van der Waals surface area contributed by atoms with Gasteiger partial charge in [-0.2, -0.15) is 0 Å². The molecule has 4 heteroatoms. The molecular formula is C16H19ClFNS. The summed E-state index contributed by atoms with van der Waals surface area (Å²) in [5.41, 5.74) is 2.25. The van der Waals surface area contributed by atoms with Crippen molar-refractivity contribution < 1.29 is 4.39 Å². The number of rotatable bonds is 4. The molecule has 1 atom stereocenters. The topological polar surface area (TPSA) is 12.9 Å². The number of benzene rings is 1. The average molecular weight is 312 g/mol. The Morgan fingerprint density at radius 1 is 1.25 bits per heavy atom. The molecule has 0 amide bonds. The predicted octanol–water partition coefficient (Wildman–Crippen LogP) is 5.14. The van der Waals surface area contributed by atoms with E-state index >= 15 is 0 Å². The summed E-state index contributed by atoms with van der Waals surface area (Å²) in [5, 5.41) is 3.20. The molecular weight excluding hydrogens is 293 g/mol. The standard InChI is InChI=1S/C16H19ClFNS/c1-16(2,3)14-10-20-15(19-14)8-12(9-17)11-4-6-13(18)7-5-11/h4-7,10,12H,8-9H2,1-3H3. The number of thiazole rings is 1. The van der Waals surface area contributed by atoms with Crippen LogP contribution in [0, 0.1) is 5.82 Å². The third kappa shape index (κ3) is 3.80. The Bertz CT molecular complexity index is 557. The van der Waals surface area contributed by atoms with Gasteiger partial charge in [0.1, 0.15) is 5.82 Å². The van der Waals surface area contributed by atoms with E-state index in [0.717, 1.165) is 22.7 Å². The fraction of sp³-hybridized carbons (Fsp3) is 0.438. The summed E-state index contributed by atoms with van der Waals surface area (Å²) in [6, 6.07) is 6.58. The highest BCUT2D eigenvalue weighted by molar-refractivity contribution is 7.09. The molecule has 2 aromatic rings. The van der Waals surface area contributed by atoms with Crippen molar-refractivity contribution in [2.45, 2.75) is 38.5 Å². The second-order valence-electron chi connectivity index (χ2n) is 5.98. The zero-order chi connectivity index (χ0) is 14.8. The van der Waals surface area contributed by atoms with Crippen molar-refractivity contribution in [3.05, 3.63) is 51.7 Å². The molecule has 0 radical (unpaired) electrons. The van der Waals surface area contributed by atoms with E-state index in [1.165, 1.54) is 12.1 Å². The summed E-state index contributed by atoms with van der Waals surface area (Å²) in [5.74, 6) is 0.471. The summed E-state index contributed by atoms with van der Waals surface area (Å²) < 4.78 is 13.0. The number of hydrogen-bond donors (Lipinski definition) is 0. The Morgan fingerprint density at radius 2 is 1.90 bits per heavy atom.